The van der Waals surface area contributed by atoms with Gasteiger partial charge in [0.15, 0.2) is 0 Å². The number of hydrogen-bond acceptors (Lipinski definition) is 2. The molecule has 6 heteroatoms. The first-order valence-corrected chi connectivity index (χ1v) is 8.44. The first-order valence-electron chi connectivity index (χ1n) is 6.89. The first-order chi connectivity index (χ1) is 10.1. The van der Waals surface area contributed by atoms with Crippen LogP contribution >= 0.6 is 39.1 Å². The monoisotopic (exact) mass is 389 g/mol. The molecule has 0 fully saturated rings. The number of nitrogens with one attached hydrogen (secondary N) is 1. The van der Waals surface area contributed by atoms with Gasteiger partial charge < -0.3 is 5.32 Å². The Kier molecular flexibility index (Phi) is 6.11. The first kappa shape index (κ1) is 16.8. The smallest absolute Gasteiger partial charge is 0.0698 e. The summed E-state index contributed by atoms with van der Waals surface area (Å²) in [5, 5.41) is 9.13. The van der Waals surface area contributed by atoms with E-state index in [0.717, 1.165) is 35.1 Å². The Bertz CT molecular complexity index is 613. The maximum Gasteiger partial charge on any atom is 0.0698 e. The van der Waals surface area contributed by atoms with Crippen LogP contribution in [0.1, 0.15) is 30.6 Å². The zero-order valence-corrected chi connectivity index (χ0v) is 15.1. The zero-order chi connectivity index (χ0) is 15.4. The summed E-state index contributed by atoms with van der Waals surface area (Å²) in [6, 6.07) is 5.76. The van der Waals surface area contributed by atoms with Crippen LogP contribution in [-0.4, -0.2) is 16.8 Å². The number of likely N-dealkylation sites (N-methyl/N-ethyl adjacent to an activating group) is 1. The molecule has 2 aromatic rings. The number of rotatable bonds is 6. The van der Waals surface area contributed by atoms with Crippen LogP contribution in [-0.2, 0) is 13.0 Å². The molecular weight excluding hydrogens is 373 g/mol. The van der Waals surface area contributed by atoms with Crippen molar-refractivity contribution in [2.24, 2.45) is 0 Å². The molecule has 0 spiro atoms. The molecule has 0 amide bonds. The van der Waals surface area contributed by atoms with Gasteiger partial charge in [0, 0.05) is 16.6 Å². The van der Waals surface area contributed by atoms with E-state index in [4.69, 9.17) is 23.2 Å². The molecule has 1 aromatic carbocycles. The van der Waals surface area contributed by atoms with Gasteiger partial charge in [-0.25, -0.2) is 0 Å². The lowest BCUT2D eigenvalue weighted by atomic mass is 10.0. The summed E-state index contributed by atoms with van der Waals surface area (Å²) in [6.07, 6.45) is 3.67. The molecule has 0 aliphatic heterocycles. The fourth-order valence-corrected chi connectivity index (χ4v) is 3.41. The molecule has 1 N–H and O–H groups in total. The fourth-order valence-electron chi connectivity index (χ4n) is 2.35. The highest BCUT2D eigenvalue weighted by molar-refractivity contribution is 9.10. The SMILES string of the molecule is CCCn1ncc(Br)c1C(Cc1ccc(Cl)cc1Cl)NC. The molecule has 2 rings (SSSR count). The van der Waals surface area contributed by atoms with Gasteiger partial charge in [0.1, 0.15) is 0 Å². The number of aromatic nitrogens is 2. The average Bonchev–Trinajstić information content (AvgIpc) is 2.80. The Hall–Kier alpha value is -0.550. The largest absolute Gasteiger partial charge is 0.311 e. The number of aryl methyl sites for hydroxylation is 1. The van der Waals surface area contributed by atoms with Crippen LogP contribution in [0, 0.1) is 0 Å². The highest BCUT2D eigenvalue weighted by Gasteiger charge is 2.20. The van der Waals surface area contributed by atoms with Crippen molar-refractivity contribution in [2.75, 3.05) is 7.05 Å². The summed E-state index contributed by atoms with van der Waals surface area (Å²) in [4.78, 5) is 0. The molecule has 0 saturated carbocycles. The van der Waals surface area contributed by atoms with E-state index in [-0.39, 0.29) is 6.04 Å². The van der Waals surface area contributed by atoms with Gasteiger partial charge in [-0.15, -0.1) is 0 Å². The van der Waals surface area contributed by atoms with Crippen LogP contribution in [0.3, 0.4) is 0 Å². The summed E-state index contributed by atoms with van der Waals surface area (Å²) >= 11 is 15.8. The molecule has 1 aromatic heterocycles. The van der Waals surface area contributed by atoms with E-state index in [1.54, 1.807) is 6.07 Å². The Labute approximate surface area is 143 Å². The third-order valence-electron chi connectivity index (χ3n) is 3.39. The zero-order valence-electron chi connectivity index (χ0n) is 12.0. The molecule has 0 bridgehead atoms. The molecule has 1 heterocycles. The maximum atomic E-state index is 6.29. The third kappa shape index (κ3) is 4.01. The van der Waals surface area contributed by atoms with Crippen molar-refractivity contribution in [2.45, 2.75) is 32.4 Å². The third-order valence-corrected chi connectivity index (χ3v) is 4.58. The topological polar surface area (TPSA) is 29.9 Å². The average molecular weight is 391 g/mol. The maximum absolute atomic E-state index is 6.29. The van der Waals surface area contributed by atoms with Crippen molar-refractivity contribution in [1.29, 1.82) is 0 Å². The molecule has 0 aliphatic rings. The normalized spacial score (nSPS) is 12.6. The van der Waals surface area contributed by atoms with E-state index in [0.29, 0.717) is 10.0 Å². The molecule has 0 saturated heterocycles. The van der Waals surface area contributed by atoms with Crippen LogP contribution < -0.4 is 5.32 Å². The second-order valence-electron chi connectivity index (χ2n) is 4.88. The Balaban J connectivity index is 2.29. The molecule has 1 unspecified atom stereocenters. The van der Waals surface area contributed by atoms with Crippen molar-refractivity contribution >= 4 is 39.1 Å². The summed E-state index contributed by atoms with van der Waals surface area (Å²) in [5.41, 5.74) is 2.21. The van der Waals surface area contributed by atoms with Gasteiger partial charge in [-0.3, -0.25) is 4.68 Å². The van der Waals surface area contributed by atoms with Crippen molar-refractivity contribution in [1.82, 2.24) is 15.1 Å². The van der Waals surface area contributed by atoms with Crippen molar-refractivity contribution in [3.05, 3.63) is 50.2 Å². The predicted octanol–water partition coefficient (Wildman–Crippen LogP) is 4.87. The standard InChI is InChI=1S/C15H18BrCl2N3/c1-3-6-21-15(12(16)9-20-21)14(19-2)7-10-4-5-11(17)8-13(10)18/h4-5,8-9,14,19H,3,6-7H2,1-2H3. The summed E-state index contributed by atoms with van der Waals surface area (Å²) in [6.45, 7) is 3.04. The Morgan fingerprint density at radius 2 is 2.14 bits per heavy atom. The quantitative estimate of drug-likeness (QED) is 0.762. The van der Waals surface area contributed by atoms with Crippen molar-refractivity contribution in [3.8, 4) is 0 Å². The van der Waals surface area contributed by atoms with E-state index >= 15 is 0 Å². The van der Waals surface area contributed by atoms with Gasteiger partial charge in [0.05, 0.1) is 22.4 Å². The molecule has 114 valence electrons. The van der Waals surface area contributed by atoms with Gasteiger partial charge in [-0.05, 0) is 53.5 Å². The van der Waals surface area contributed by atoms with Gasteiger partial charge in [0.25, 0.3) is 0 Å². The van der Waals surface area contributed by atoms with E-state index < -0.39 is 0 Å². The van der Waals surface area contributed by atoms with Crippen LogP contribution in [0.4, 0.5) is 0 Å². The number of hydrogen-bond donors (Lipinski definition) is 1. The second kappa shape index (κ2) is 7.63. The highest BCUT2D eigenvalue weighted by Crippen LogP contribution is 2.29. The number of nitrogens with zero attached hydrogens (tertiary/aromatic N) is 2. The summed E-state index contributed by atoms with van der Waals surface area (Å²) < 4.78 is 3.05. The van der Waals surface area contributed by atoms with E-state index in [1.807, 2.05) is 30.1 Å². The van der Waals surface area contributed by atoms with Crippen LogP contribution in [0.2, 0.25) is 10.0 Å². The van der Waals surface area contributed by atoms with Gasteiger partial charge in [0.2, 0.25) is 0 Å². The highest BCUT2D eigenvalue weighted by atomic mass is 79.9. The molecular formula is C15H18BrCl2N3. The number of benzene rings is 1. The van der Waals surface area contributed by atoms with Crippen molar-refractivity contribution in [3.63, 3.8) is 0 Å². The van der Waals surface area contributed by atoms with Crippen LogP contribution in [0.5, 0.6) is 0 Å². The lowest BCUT2D eigenvalue weighted by molar-refractivity contribution is 0.495. The predicted molar refractivity (Wildman–Crippen MR) is 92.2 cm³/mol. The molecule has 0 aliphatic carbocycles. The van der Waals surface area contributed by atoms with Gasteiger partial charge >= 0.3 is 0 Å². The minimum Gasteiger partial charge on any atom is -0.311 e. The molecule has 3 nitrogen and oxygen atoms in total. The lowest BCUT2D eigenvalue weighted by Crippen LogP contribution is -2.23. The van der Waals surface area contributed by atoms with E-state index in [2.05, 4.69) is 33.3 Å². The van der Waals surface area contributed by atoms with Gasteiger partial charge in [-0.2, -0.15) is 5.10 Å². The summed E-state index contributed by atoms with van der Waals surface area (Å²) in [5.74, 6) is 0. The van der Waals surface area contributed by atoms with E-state index in [1.165, 1.54) is 0 Å². The second-order valence-corrected chi connectivity index (χ2v) is 6.58. The molecule has 21 heavy (non-hydrogen) atoms. The van der Waals surface area contributed by atoms with Gasteiger partial charge in [-0.1, -0.05) is 36.2 Å². The summed E-state index contributed by atoms with van der Waals surface area (Å²) in [7, 11) is 1.95. The fraction of sp³-hybridized carbons (Fsp3) is 0.400. The molecule has 1 atom stereocenters. The van der Waals surface area contributed by atoms with Crippen LogP contribution in [0.25, 0.3) is 0 Å². The Morgan fingerprint density at radius 3 is 2.76 bits per heavy atom. The Morgan fingerprint density at radius 1 is 1.38 bits per heavy atom. The minimum absolute atomic E-state index is 0.132. The molecule has 0 radical (unpaired) electrons. The van der Waals surface area contributed by atoms with E-state index in [9.17, 15) is 0 Å². The number of halogens is 3. The minimum atomic E-state index is 0.132. The van der Waals surface area contributed by atoms with Crippen molar-refractivity contribution < 1.29 is 0 Å². The lowest BCUT2D eigenvalue weighted by Gasteiger charge is -2.19. The van der Waals surface area contributed by atoms with Crippen LogP contribution in [0.15, 0.2) is 28.9 Å².